The van der Waals surface area contributed by atoms with E-state index in [0.717, 1.165) is 22.4 Å². The molecule has 1 saturated heterocycles. The summed E-state index contributed by atoms with van der Waals surface area (Å²) < 4.78 is 5.15. The topological polar surface area (TPSA) is 169 Å². The number of imide groups is 1. The molecule has 3 atom stereocenters. The second kappa shape index (κ2) is 13.9. The standard InChI is InChI=1S/C21H31BN6O5S/c1-25-16(7-4-14(23)11-22)19(30)27-15-5-2-13(3-6-15)12-33-21(32)26-8-9-28-18(29)10-17(34-24)20(28)31/h2-3,5-6,14,16-17,25H,4,7-12,23-24H2,1H3,(H,26,32)(H,27,30)/t14-,16+,17?/m1/s1. The number of rotatable bonds is 13. The summed E-state index contributed by atoms with van der Waals surface area (Å²) in [5, 5.41) is 13.1. The average Bonchev–Trinajstić information content (AvgIpc) is 3.11. The van der Waals surface area contributed by atoms with E-state index in [0.29, 0.717) is 24.8 Å². The molecule has 0 aromatic heterocycles. The first-order chi connectivity index (χ1) is 16.3. The van der Waals surface area contributed by atoms with Crippen molar-refractivity contribution in [2.24, 2.45) is 10.9 Å². The van der Waals surface area contributed by atoms with Crippen molar-refractivity contribution in [1.82, 2.24) is 15.5 Å². The van der Waals surface area contributed by atoms with Gasteiger partial charge in [0, 0.05) is 25.2 Å². The largest absolute Gasteiger partial charge is 0.445 e. The number of carbonyl (C=O) groups excluding carboxylic acids is 4. The quantitative estimate of drug-likeness (QED) is 0.144. The number of anilines is 1. The Morgan fingerprint density at radius 3 is 2.56 bits per heavy atom. The molecule has 1 aromatic carbocycles. The zero-order valence-electron chi connectivity index (χ0n) is 19.1. The van der Waals surface area contributed by atoms with Gasteiger partial charge in [-0.25, -0.2) is 4.79 Å². The van der Waals surface area contributed by atoms with Gasteiger partial charge in [0.2, 0.25) is 17.7 Å². The number of nitrogens with zero attached hydrogens (tertiary/aromatic N) is 1. The minimum absolute atomic E-state index is 0.0175. The smallest absolute Gasteiger partial charge is 0.407 e. The van der Waals surface area contributed by atoms with E-state index in [-0.39, 0.29) is 49.9 Å². The number of likely N-dealkylation sites (tertiary alicyclic amines) is 1. The van der Waals surface area contributed by atoms with Gasteiger partial charge in [0.05, 0.1) is 13.9 Å². The van der Waals surface area contributed by atoms with E-state index in [1.54, 1.807) is 31.3 Å². The monoisotopic (exact) mass is 490 g/mol. The average molecular weight is 490 g/mol. The molecule has 4 amide bonds. The Morgan fingerprint density at radius 1 is 1.26 bits per heavy atom. The fourth-order valence-corrected chi connectivity index (χ4v) is 3.76. The summed E-state index contributed by atoms with van der Waals surface area (Å²) in [6.07, 6.45) is 0.957. The van der Waals surface area contributed by atoms with Crippen LogP contribution < -0.4 is 26.8 Å². The van der Waals surface area contributed by atoms with Crippen molar-refractivity contribution in [3.63, 3.8) is 0 Å². The summed E-state index contributed by atoms with van der Waals surface area (Å²) in [4.78, 5) is 49.2. The maximum absolute atomic E-state index is 12.4. The van der Waals surface area contributed by atoms with Crippen LogP contribution in [0.15, 0.2) is 24.3 Å². The lowest BCUT2D eigenvalue weighted by Crippen LogP contribution is -2.39. The van der Waals surface area contributed by atoms with Crippen molar-refractivity contribution in [3.8, 4) is 0 Å². The minimum atomic E-state index is -0.672. The molecular weight excluding hydrogens is 459 g/mol. The Balaban J connectivity index is 1.72. The van der Waals surface area contributed by atoms with E-state index in [1.165, 1.54) is 0 Å². The number of hydrogen-bond acceptors (Lipinski definition) is 9. The third kappa shape index (κ3) is 8.31. The molecule has 1 unspecified atom stereocenters. The first-order valence-corrected chi connectivity index (χ1v) is 11.9. The highest BCUT2D eigenvalue weighted by molar-refractivity contribution is 7.98. The lowest BCUT2D eigenvalue weighted by Gasteiger charge is -2.18. The van der Waals surface area contributed by atoms with Crippen LogP contribution in [0.4, 0.5) is 10.5 Å². The third-order valence-corrected chi connectivity index (χ3v) is 6.05. The molecule has 1 aromatic rings. The molecule has 7 N–H and O–H groups in total. The number of nitrogens with one attached hydrogen (secondary N) is 3. The van der Waals surface area contributed by atoms with Crippen molar-refractivity contribution >= 4 is 49.3 Å². The molecule has 2 radical (unpaired) electrons. The predicted molar refractivity (Wildman–Crippen MR) is 131 cm³/mol. The third-order valence-electron chi connectivity index (χ3n) is 5.36. The summed E-state index contributed by atoms with van der Waals surface area (Å²) in [7, 11) is 7.22. The summed E-state index contributed by atoms with van der Waals surface area (Å²) in [5.41, 5.74) is 7.14. The first-order valence-electron chi connectivity index (χ1n) is 10.9. The van der Waals surface area contributed by atoms with Crippen LogP contribution in [0.5, 0.6) is 0 Å². The Kier molecular flexibility index (Phi) is 11.3. The number of likely N-dealkylation sites (N-methyl/N-ethyl adjacent to an activating group) is 1. The molecule has 0 bridgehead atoms. The second-order valence-corrected chi connectivity index (χ2v) is 8.66. The van der Waals surface area contributed by atoms with Crippen molar-refractivity contribution in [1.29, 1.82) is 0 Å². The number of benzene rings is 1. The molecule has 11 nitrogen and oxygen atoms in total. The van der Waals surface area contributed by atoms with Crippen LogP contribution in [0.2, 0.25) is 6.32 Å². The maximum Gasteiger partial charge on any atom is 0.407 e. The zero-order chi connectivity index (χ0) is 25.1. The Bertz CT molecular complexity index is 859. The number of carbonyl (C=O) groups is 4. The van der Waals surface area contributed by atoms with E-state index in [2.05, 4.69) is 16.0 Å². The van der Waals surface area contributed by atoms with Gasteiger partial charge in [-0.2, -0.15) is 0 Å². The second-order valence-electron chi connectivity index (χ2n) is 7.82. The molecule has 0 spiro atoms. The van der Waals surface area contributed by atoms with Gasteiger partial charge in [0.1, 0.15) is 11.9 Å². The number of nitrogens with two attached hydrogens (primary N) is 2. The van der Waals surface area contributed by atoms with Crippen LogP contribution in [0.25, 0.3) is 0 Å². The van der Waals surface area contributed by atoms with Gasteiger partial charge in [-0.05, 0) is 43.6 Å². The Labute approximate surface area is 204 Å². The molecule has 184 valence electrons. The first kappa shape index (κ1) is 27.6. The minimum Gasteiger partial charge on any atom is -0.445 e. The van der Waals surface area contributed by atoms with Crippen molar-refractivity contribution in [2.75, 3.05) is 25.5 Å². The van der Waals surface area contributed by atoms with E-state index in [9.17, 15) is 19.2 Å². The summed E-state index contributed by atoms with van der Waals surface area (Å²) in [5.74, 6) is -0.836. The van der Waals surface area contributed by atoms with Crippen LogP contribution in [-0.4, -0.2) is 74.0 Å². The number of amides is 4. The number of ether oxygens (including phenoxy) is 1. The van der Waals surface area contributed by atoms with Crippen LogP contribution in [-0.2, 0) is 25.7 Å². The Hall–Kier alpha value is -2.61. The highest BCUT2D eigenvalue weighted by Crippen LogP contribution is 2.20. The molecule has 34 heavy (non-hydrogen) atoms. The van der Waals surface area contributed by atoms with E-state index < -0.39 is 17.4 Å². The van der Waals surface area contributed by atoms with Gasteiger partial charge in [0.15, 0.2) is 0 Å². The van der Waals surface area contributed by atoms with Gasteiger partial charge in [-0.1, -0.05) is 30.4 Å². The van der Waals surface area contributed by atoms with Crippen LogP contribution in [0.3, 0.4) is 0 Å². The molecular formula is C21H31BN6O5S. The van der Waals surface area contributed by atoms with Crippen molar-refractivity contribution in [3.05, 3.63) is 29.8 Å². The number of alkyl carbamates (subject to hydrolysis) is 1. The molecule has 1 heterocycles. The predicted octanol–water partition coefficient (Wildman–Crippen LogP) is -0.132. The number of hydrogen-bond donors (Lipinski definition) is 5. The lowest BCUT2D eigenvalue weighted by molar-refractivity contribution is -0.138. The highest BCUT2D eigenvalue weighted by Gasteiger charge is 2.38. The van der Waals surface area contributed by atoms with Crippen molar-refractivity contribution in [2.45, 2.75) is 49.5 Å². The van der Waals surface area contributed by atoms with Crippen LogP contribution in [0, 0.1) is 0 Å². The lowest BCUT2D eigenvalue weighted by atomic mass is 9.93. The van der Waals surface area contributed by atoms with Gasteiger partial charge in [-0.15, -0.1) is 0 Å². The van der Waals surface area contributed by atoms with E-state index in [1.807, 2.05) is 0 Å². The summed E-state index contributed by atoms with van der Waals surface area (Å²) in [6, 6.07) is 6.34. The van der Waals surface area contributed by atoms with Gasteiger partial charge in [-0.3, -0.25) is 24.4 Å². The van der Waals surface area contributed by atoms with Gasteiger partial charge >= 0.3 is 6.09 Å². The Morgan fingerprint density at radius 2 is 1.97 bits per heavy atom. The molecule has 0 aliphatic carbocycles. The fraction of sp³-hybridized carbons (Fsp3) is 0.524. The highest BCUT2D eigenvalue weighted by atomic mass is 32.2. The van der Waals surface area contributed by atoms with E-state index in [4.69, 9.17) is 23.5 Å². The van der Waals surface area contributed by atoms with Crippen molar-refractivity contribution < 1.29 is 23.9 Å². The maximum atomic E-state index is 12.4. The molecule has 1 aliphatic heterocycles. The molecule has 1 aliphatic rings. The zero-order valence-corrected chi connectivity index (χ0v) is 19.9. The van der Waals surface area contributed by atoms with Gasteiger partial charge < -0.3 is 26.4 Å². The molecule has 2 rings (SSSR count). The van der Waals surface area contributed by atoms with Gasteiger partial charge in [0.25, 0.3) is 0 Å². The SMILES string of the molecule is [B]C[C@H](N)CC[C@H](NC)C(=O)Nc1ccc(COC(=O)NCCN2C(=O)CC(SN)C2=O)cc1. The fourth-order valence-electron chi connectivity index (χ4n) is 3.28. The van der Waals surface area contributed by atoms with E-state index >= 15 is 0 Å². The summed E-state index contributed by atoms with van der Waals surface area (Å²) in [6.45, 7) is 0.152. The normalized spacial score (nSPS) is 17.4. The van der Waals surface area contributed by atoms with Crippen LogP contribution >= 0.6 is 11.9 Å². The molecule has 1 fully saturated rings. The molecule has 13 heteroatoms. The summed E-state index contributed by atoms with van der Waals surface area (Å²) >= 11 is 0.845. The molecule has 0 saturated carbocycles. The van der Waals surface area contributed by atoms with Crippen LogP contribution in [0.1, 0.15) is 24.8 Å².